The van der Waals surface area contributed by atoms with Crippen molar-refractivity contribution in [3.05, 3.63) is 41.5 Å². The number of nitrogen functional groups attached to an aromatic ring is 1. The van der Waals surface area contributed by atoms with Crippen LogP contribution in [0.15, 0.2) is 33.9 Å². The Kier molecular flexibility index (Phi) is 6.11. The summed E-state index contributed by atoms with van der Waals surface area (Å²) >= 11 is 3.18. The van der Waals surface area contributed by atoms with E-state index in [0.717, 1.165) is 23.6 Å². The molecule has 144 valence electrons. The lowest BCUT2D eigenvalue weighted by atomic mass is 9.87. The van der Waals surface area contributed by atoms with Crippen LogP contribution < -0.4 is 5.84 Å². The molecule has 0 spiro atoms. The van der Waals surface area contributed by atoms with Crippen molar-refractivity contribution in [1.29, 1.82) is 0 Å². The summed E-state index contributed by atoms with van der Waals surface area (Å²) in [5, 5.41) is 13.0. The minimum atomic E-state index is 0.116. The number of hydrogen-bond acceptors (Lipinski definition) is 8. The fourth-order valence-corrected chi connectivity index (χ4v) is 3.55. The van der Waals surface area contributed by atoms with Gasteiger partial charge in [0.25, 0.3) is 0 Å². The molecule has 0 aliphatic heterocycles. The van der Waals surface area contributed by atoms with Gasteiger partial charge in [-0.3, -0.25) is 0 Å². The predicted molar refractivity (Wildman–Crippen MR) is 110 cm³/mol. The summed E-state index contributed by atoms with van der Waals surface area (Å²) in [5.41, 5.74) is 2.32. The first kappa shape index (κ1) is 19.8. The highest BCUT2D eigenvalue weighted by Gasteiger charge is 2.16. The monoisotopic (exact) mass is 404 g/mol. The molecule has 27 heavy (non-hydrogen) atoms. The molecule has 2 N–H and O–H groups in total. The Morgan fingerprint density at radius 1 is 1.15 bits per heavy atom. The van der Waals surface area contributed by atoms with Crippen LogP contribution in [0, 0.1) is 0 Å². The van der Waals surface area contributed by atoms with E-state index in [1.54, 1.807) is 11.8 Å². The molecule has 3 rings (SSSR count). The molecule has 3 aromatic rings. The smallest absolute Gasteiger partial charge is 0.237 e. The van der Waals surface area contributed by atoms with Crippen molar-refractivity contribution in [3.8, 4) is 11.4 Å². The zero-order valence-electron chi connectivity index (χ0n) is 16.0. The number of rotatable bonds is 7. The standard InChI is InChI=1S/C18H24N6OS2/c1-18(2,3)13-7-5-12(6-8-13)16-20-15(25-23-16)11-27-17-22-21-14(24(17)19)9-10-26-4/h5-8H,9-11,19H2,1-4H3. The fraction of sp³-hybridized carbons (Fsp3) is 0.444. The SMILES string of the molecule is CSCCc1nnc(SCc2nc(-c3ccc(C(C)(C)C)cc3)no2)n1N. The normalized spacial score (nSPS) is 11.9. The molecule has 1 aromatic carbocycles. The van der Waals surface area contributed by atoms with Crippen molar-refractivity contribution in [3.63, 3.8) is 0 Å². The lowest BCUT2D eigenvalue weighted by Crippen LogP contribution is -2.14. The van der Waals surface area contributed by atoms with Gasteiger partial charge >= 0.3 is 0 Å². The van der Waals surface area contributed by atoms with Crippen LogP contribution in [0.5, 0.6) is 0 Å². The van der Waals surface area contributed by atoms with Gasteiger partial charge in [0.1, 0.15) is 0 Å². The third kappa shape index (κ3) is 4.84. The van der Waals surface area contributed by atoms with E-state index in [1.807, 2.05) is 12.1 Å². The van der Waals surface area contributed by atoms with Crippen LogP contribution in [0.1, 0.15) is 38.0 Å². The maximum absolute atomic E-state index is 6.05. The van der Waals surface area contributed by atoms with Gasteiger partial charge in [0, 0.05) is 17.7 Å². The van der Waals surface area contributed by atoms with Crippen LogP contribution in [0.2, 0.25) is 0 Å². The third-order valence-electron chi connectivity index (χ3n) is 4.07. The fourth-order valence-electron chi connectivity index (χ4n) is 2.45. The second-order valence-electron chi connectivity index (χ2n) is 7.14. The molecule has 0 aliphatic rings. The zero-order valence-corrected chi connectivity index (χ0v) is 17.6. The van der Waals surface area contributed by atoms with Crippen LogP contribution in [0.25, 0.3) is 11.4 Å². The Hall–Kier alpha value is -2.00. The first-order chi connectivity index (χ1) is 12.9. The third-order valence-corrected chi connectivity index (χ3v) is 5.61. The molecular weight excluding hydrogens is 380 g/mol. The number of thioether (sulfide) groups is 2. The van der Waals surface area contributed by atoms with Crippen molar-refractivity contribution >= 4 is 23.5 Å². The number of hydrogen-bond donors (Lipinski definition) is 1. The molecule has 2 heterocycles. The molecule has 9 heteroatoms. The van der Waals surface area contributed by atoms with E-state index >= 15 is 0 Å². The van der Waals surface area contributed by atoms with Gasteiger partial charge in [0.05, 0.1) is 5.75 Å². The van der Waals surface area contributed by atoms with Gasteiger partial charge in [0.2, 0.25) is 16.9 Å². The highest BCUT2D eigenvalue weighted by molar-refractivity contribution is 7.98. The van der Waals surface area contributed by atoms with Crippen molar-refractivity contribution < 1.29 is 4.52 Å². The molecule has 7 nitrogen and oxygen atoms in total. The Balaban J connectivity index is 1.64. The van der Waals surface area contributed by atoms with Crippen LogP contribution in [0.4, 0.5) is 0 Å². The van der Waals surface area contributed by atoms with Gasteiger partial charge in [-0.15, -0.1) is 10.2 Å². The van der Waals surface area contributed by atoms with Gasteiger partial charge in [-0.25, -0.2) is 4.68 Å². The zero-order chi connectivity index (χ0) is 19.4. The Bertz CT molecular complexity index is 882. The molecule has 0 fully saturated rings. The predicted octanol–water partition coefficient (Wildman–Crippen LogP) is 3.54. The van der Waals surface area contributed by atoms with Gasteiger partial charge in [0.15, 0.2) is 5.82 Å². The summed E-state index contributed by atoms with van der Waals surface area (Å²) < 4.78 is 6.90. The topological polar surface area (TPSA) is 95.6 Å². The van der Waals surface area contributed by atoms with Crippen LogP contribution >= 0.6 is 23.5 Å². The van der Waals surface area contributed by atoms with E-state index in [-0.39, 0.29) is 5.41 Å². The molecule has 0 saturated heterocycles. The molecular formula is C18H24N6OS2. The van der Waals surface area contributed by atoms with Gasteiger partial charge < -0.3 is 10.4 Å². The maximum Gasteiger partial charge on any atom is 0.237 e. The molecule has 0 amide bonds. The summed E-state index contributed by atoms with van der Waals surface area (Å²) in [6.45, 7) is 6.57. The summed E-state index contributed by atoms with van der Waals surface area (Å²) in [6, 6.07) is 8.26. The Morgan fingerprint density at radius 2 is 1.89 bits per heavy atom. The Labute approximate surface area is 167 Å². The molecule has 0 unspecified atom stereocenters. The minimum absolute atomic E-state index is 0.116. The van der Waals surface area contributed by atoms with Crippen LogP contribution in [-0.2, 0) is 17.6 Å². The average Bonchev–Trinajstić information content (AvgIpc) is 3.25. The summed E-state index contributed by atoms with van der Waals surface area (Å²) in [7, 11) is 0. The van der Waals surface area contributed by atoms with E-state index < -0.39 is 0 Å². The molecule has 0 atom stereocenters. The molecule has 0 aliphatic carbocycles. The number of nitrogens with zero attached hydrogens (tertiary/aromatic N) is 5. The number of benzene rings is 1. The van der Waals surface area contributed by atoms with Gasteiger partial charge in [-0.1, -0.05) is 62.0 Å². The minimum Gasteiger partial charge on any atom is -0.338 e. The first-order valence-corrected chi connectivity index (χ1v) is 11.0. The van der Waals surface area contributed by atoms with E-state index in [0.29, 0.717) is 22.6 Å². The first-order valence-electron chi connectivity index (χ1n) is 8.63. The second-order valence-corrected chi connectivity index (χ2v) is 9.07. The highest BCUT2D eigenvalue weighted by atomic mass is 32.2. The van der Waals surface area contributed by atoms with E-state index in [9.17, 15) is 0 Å². The average molecular weight is 405 g/mol. The number of nitrogens with two attached hydrogens (primary N) is 1. The van der Waals surface area contributed by atoms with E-state index in [1.165, 1.54) is 22.0 Å². The largest absolute Gasteiger partial charge is 0.338 e. The lowest BCUT2D eigenvalue weighted by Gasteiger charge is -2.18. The van der Waals surface area contributed by atoms with Crippen molar-refractivity contribution in [1.82, 2.24) is 25.0 Å². The van der Waals surface area contributed by atoms with Crippen LogP contribution in [-0.4, -0.2) is 37.0 Å². The molecule has 2 aromatic heterocycles. The summed E-state index contributed by atoms with van der Waals surface area (Å²) in [5.74, 6) is 9.39. The lowest BCUT2D eigenvalue weighted by molar-refractivity contribution is 0.391. The number of aromatic nitrogens is 5. The maximum atomic E-state index is 6.05. The van der Waals surface area contributed by atoms with Gasteiger partial charge in [-0.05, 0) is 17.2 Å². The van der Waals surface area contributed by atoms with Crippen molar-refractivity contribution in [2.75, 3.05) is 17.9 Å². The highest BCUT2D eigenvalue weighted by Crippen LogP contribution is 2.26. The summed E-state index contributed by atoms with van der Waals surface area (Å²) in [4.78, 5) is 4.47. The van der Waals surface area contributed by atoms with E-state index in [4.69, 9.17) is 10.4 Å². The quantitative estimate of drug-likeness (QED) is 0.472. The molecule has 0 saturated carbocycles. The molecule has 0 bridgehead atoms. The van der Waals surface area contributed by atoms with E-state index in [2.05, 4.69) is 59.5 Å². The van der Waals surface area contributed by atoms with Gasteiger partial charge in [-0.2, -0.15) is 16.7 Å². The molecule has 0 radical (unpaired) electrons. The second kappa shape index (κ2) is 8.35. The van der Waals surface area contributed by atoms with Crippen LogP contribution in [0.3, 0.4) is 0 Å². The number of aryl methyl sites for hydroxylation is 1. The van der Waals surface area contributed by atoms with Crippen molar-refractivity contribution in [2.24, 2.45) is 0 Å². The van der Waals surface area contributed by atoms with Crippen molar-refractivity contribution in [2.45, 2.75) is 43.5 Å². The Morgan fingerprint density at radius 3 is 2.56 bits per heavy atom. The summed E-state index contributed by atoms with van der Waals surface area (Å²) in [6.07, 6.45) is 2.84.